The first-order valence-electron chi connectivity index (χ1n) is 9.31. The number of rotatable bonds is 8. The van der Waals surface area contributed by atoms with Gasteiger partial charge >= 0.3 is 5.97 Å². The summed E-state index contributed by atoms with van der Waals surface area (Å²) in [6.45, 7) is 0.950. The number of aliphatic carboxylic acids is 1. The van der Waals surface area contributed by atoms with Crippen LogP contribution in [0.5, 0.6) is 0 Å². The molecule has 0 radical (unpaired) electrons. The highest BCUT2D eigenvalue weighted by atomic mass is 16.4. The number of nitrogens with one attached hydrogen (secondary N) is 2. The molecule has 1 amide bonds. The Morgan fingerprint density at radius 1 is 1.22 bits per heavy atom. The lowest BCUT2D eigenvalue weighted by molar-refractivity contribution is -0.139. The molecular weight excluding hydrogens is 346 g/mol. The number of aromatic amines is 1. The number of benzene rings is 1. The summed E-state index contributed by atoms with van der Waals surface area (Å²) in [4.78, 5) is 29.7. The molecule has 0 aliphatic heterocycles. The number of carbonyl (C=O) groups is 2. The summed E-state index contributed by atoms with van der Waals surface area (Å²) in [6, 6.07) is 7.57. The van der Waals surface area contributed by atoms with Crippen molar-refractivity contribution in [3.63, 3.8) is 0 Å². The molecule has 2 aliphatic rings. The highest BCUT2D eigenvalue weighted by Crippen LogP contribution is 2.33. The molecule has 27 heavy (non-hydrogen) atoms. The van der Waals surface area contributed by atoms with E-state index in [-0.39, 0.29) is 24.5 Å². The molecule has 2 fully saturated rings. The first-order chi connectivity index (χ1) is 13.1. The van der Waals surface area contributed by atoms with Gasteiger partial charge in [0.1, 0.15) is 6.33 Å². The van der Waals surface area contributed by atoms with E-state index in [1.807, 2.05) is 12.1 Å². The van der Waals surface area contributed by atoms with Crippen LogP contribution in [0.1, 0.15) is 36.0 Å². The Bertz CT molecular complexity index is 795. The van der Waals surface area contributed by atoms with Crippen molar-refractivity contribution in [1.82, 2.24) is 25.4 Å². The quantitative estimate of drug-likeness (QED) is 0.651. The van der Waals surface area contributed by atoms with E-state index in [2.05, 4.69) is 25.4 Å². The van der Waals surface area contributed by atoms with Crippen molar-refractivity contribution in [3.05, 3.63) is 36.2 Å². The standard InChI is InChI=1S/C19H23N5O3/c25-17(26)10-24(9-12-1-2-12)16-7-15(8-16)22-19(27)14-5-3-13(4-6-14)18-20-11-21-23-18/h3-6,11-12,15-16H,1-2,7-10H2,(H,22,27)(H,25,26)(H,20,21,23). The van der Waals surface area contributed by atoms with Crippen LogP contribution in [0.15, 0.2) is 30.6 Å². The van der Waals surface area contributed by atoms with Crippen molar-refractivity contribution in [3.8, 4) is 11.4 Å². The van der Waals surface area contributed by atoms with E-state index in [0.29, 0.717) is 17.3 Å². The Kier molecular flexibility index (Phi) is 4.89. The minimum absolute atomic E-state index is 0.0882. The van der Waals surface area contributed by atoms with E-state index in [0.717, 1.165) is 24.9 Å². The molecule has 4 rings (SSSR count). The number of hydrogen-bond donors (Lipinski definition) is 3. The van der Waals surface area contributed by atoms with E-state index in [9.17, 15) is 9.59 Å². The third kappa shape index (κ3) is 4.33. The lowest BCUT2D eigenvalue weighted by Crippen LogP contribution is -2.55. The van der Waals surface area contributed by atoms with Gasteiger partial charge < -0.3 is 10.4 Å². The fraction of sp³-hybridized carbons (Fsp3) is 0.474. The topological polar surface area (TPSA) is 111 Å². The number of nitrogens with zero attached hydrogens (tertiary/aromatic N) is 3. The molecule has 0 unspecified atom stereocenters. The van der Waals surface area contributed by atoms with E-state index < -0.39 is 5.97 Å². The fourth-order valence-electron chi connectivity index (χ4n) is 3.55. The van der Waals surface area contributed by atoms with Gasteiger partial charge in [0.15, 0.2) is 5.82 Å². The van der Waals surface area contributed by atoms with Crippen LogP contribution < -0.4 is 5.32 Å². The molecule has 0 spiro atoms. The molecule has 0 atom stereocenters. The van der Waals surface area contributed by atoms with Crippen molar-refractivity contribution in [2.75, 3.05) is 13.1 Å². The van der Waals surface area contributed by atoms with Crippen LogP contribution in [-0.4, -0.2) is 62.2 Å². The normalized spacial score (nSPS) is 21.7. The molecule has 2 aromatic rings. The summed E-state index contributed by atoms with van der Waals surface area (Å²) in [5, 5.41) is 18.8. The molecule has 1 aromatic carbocycles. The number of hydrogen-bond acceptors (Lipinski definition) is 5. The third-order valence-corrected chi connectivity index (χ3v) is 5.33. The Balaban J connectivity index is 1.28. The number of carbonyl (C=O) groups excluding carboxylic acids is 1. The molecule has 2 saturated carbocycles. The summed E-state index contributed by atoms with van der Waals surface area (Å²) in [5.74, 6) is 0.434. The molecular formula is C19H23N5O3. The molecule has 8 heteroatoms. The fourth-order valence-corrected chi connectivity index (χ4v) is 3.55. The molecule has 0 saturated heterocycles. The van der Waals surface area contributed by atoms with Crippen LogP contribution in [0, 0.1) is 5.92 Å². The minimum atomic E-state index is -0.782. The Morgan fingerprint density at radius 3 is 2.56 bits per heavy atom. The monoisotopic (exact) mass is 369 g/mol. The van der Waals surface area contributed by atoms with Crippen LogP contribution in [0.4, 0.5) is 0 Å². The molecule has 8 nitrogen and oxygen atoms in total. The highest BCUT2D eigenvalue weighted by Gasteiger charge is 2.37. The van der Waals surface area contributed by atoms with Crippen molar-refractivity contribution < 1.29 is 14.7 Å². The van der Waals surface area contributed by atoms with E-state index in [1.54, 1.807) is 12.1 Å². The van der Waals surface area contributed by atoms with Gasteiger partial charge in [-0.15, -0.1) is 0 Å². The summed E-state index contributed by atoms with van der Waals surface area (Å²) in [5.41, 5.74) is 1.47. The second-order valence-electron chi connectivity index (χ2n) is 7.47. The van der Waals surface area contributed by atoms with Gasteiger partial charge in [-0.1, -0.05) is 12.1 Å². The van der Waals surface area contributed by atoms with Gasteiger partial charge in [0.25, 0.3) is 5.91 Å². The second-order valence-corrected chi connectivity index (χ2v) is 7.47. The first-order valence-corrected chi connectivity index (χ1v) is 9.31. The highest BCUT2D eigenvalue weighted by molar-refractivity contribution is 5.94. The van der Waals surface area contributed by atoms with E-state index >= 15 is 0 Å². The summed E-state index contributed by atoms with van der Waals surface area (Å²) >= 11 is 0. The summed E-state index contributed by atoms with van der Waals surface area (Å²) < 4.78 is 0. The first kappa shape index (κ1) is 17.7. The maximum absolute atomic E-state index is 12.4. The van der Waals surface area contributed by atoms with E-state index in [4.69, 9.17) is 5.11 Å². The van der Waals surface area contributed by atoms with Crippen molar-refractivity contribution in [1.29, 1.82) is 0 Å². The molecule has 3 N–H and O–H groups in total. The van der Waals surface area contributed by atoms with E-state index in [1.165, 1.54) is 19.2 Å². The number of H-pyrrole nitrogens is 1. The lowest BCUT2D eigenvalue weighted by Gasteiger charge is -2.42. The molecule has 1 aromatic heterocycles. The largest absolute Gasteiger partial charge is 0.480 e. The van der Waals surface area contributed by atoms with Gasteiger partial charge in [-0.3, -0.25) is 19.6 Å². The Hall–Kier alpha value is -2.74. The average molecular weight is 369 g/mol. The maximum atomic E-state index is 12.4. The predicted octanol–water partition coefficient (Wildman–Crippen LogP) is 1.53. The number of aromatic nitrogens is 3. The summed E-state index contributed by atoms with van der Waals surface area (Å²) in [7, 11) is 0. The Labute approximate surface area is 157 Å². The molecule has 1 heterocycles. The van der Waals surface area contributed by atoms with Gasteiger partial charge in [-0.2, -0.15) is 5.10 Å². The van der Waals surface area contributed by atoms with Crippen molar-refractivity contribution in [2.24, 2.45) is 5.92 Å². The zero-order chi connectivity index (χ0) is 18.8. The minimum Gasteiger partial charge on any atom is -0.480 e. The van der Waals surface area contributed by atoms with Crippen LogP contribution in [0.2, 0.25) is 0 Å². The second kappa shape index (κ2) is 7.48. The van der Waals surface area contributed by atoms with Crippen molar-refractivity contribution in [2.45, 2.75) is 37.8 Å². The number of carboxylic acid groups (broad SMARTS) is 1. The molecule has 2 aliphatic carbocycles. The van der Waals surface area contributed by atoms with Crippen LogP contribution >= 0.6 is 0 Å². The van der Waals surface area contributed by atoms with Gasteiger partial charge in [-0.25, -0.2) is 4.98 Å². The van der Waals surface area contributed by atoms with Crippen molar-refractivity contribution >= 4 is 11.9 Å². The smallest absolute Gasteiger partial charge is 0.317 e. The number of amides is 1. The van der Waals surface area contributed by atoms with Gasteiger partial charge in [-0.05, 0) is 43.7 Å². The predicted molar refractivity (Wildman–Crippen MR) is 98.0 cm³/mol. The average Bonchev–Trinajstić information content (AvgIpc) is 3.26. The molecule has 142 valence electrons. The van der Waals surface area contributed by atoms with Gasteiger partial charge in [0.2, 0.25) is 0 Å². The maximum Gasteiger partial charge on any atom is 0.317 e. The van der Waals surface area contributed by atoms with Crippen LogP contribution in [0.3, 0.4) is 0 Å². The summed E-state index contributed by atoms with van der Waals surface area (Å²) in [6.07, 6.45) is 5.46. The third-order valence-electron chi connectivity index (χ3n) is 5.33. The SMILES string of the molecule is O=C(O)CN(CC1CC1)C1CC(NC(=O)c2ccc(-c3ncn[nH]3)cc2)C1. The van der Waals surface area contributed by atoms with Crippen LogP contribution in [-0.2, 0) is 4.79 Å². The van der Waals surface area contributed by atoms with Crippen LogP contribution in [0.25, 0.3) is 11.4 Å². The zero-order valence-corrected chi connectivity index (χ0v) is 15.0. The molecule has 0 bridgehead atoms. The van der Waals surface area contributed by atoms with Gasteiger partial charge in [0.05, 0.1) is 6.54 Å². The Morgan fingerprint density at radius 2 is 1.96 bits per heavy atom. The zero-order valence-electron chi connectivity index (χ0n) is 15.0. The number of carboxylic acids is 1. The lowest BCUT2D eigenvalue weighted by atomic mass is 9.85. The van der Waals surface area contributed by atoms with Gasteiger partial charge in [0, 0.05) is 29.8 Å².